The summed E-state index contributed by atoms with van der Waals surface area (Å²) in [7, 11) is 0. The highest BCUT2D eigenvalue weighted by molar-refractivity contribution is 5.84. The first kappa shape index (κ1) is 12.9. The Morgan fingerprint density at radius 1 is 1.11 bits per heavy atom. The van der Waals surface area contributed by atoms with Gasteiger partial charge in [0.05, 0.1) is 12.0 Å². The third kappa shape index (κ3) is 2.36. The molecular weight excluding hydrogens is 244 g/mol. The lowest BCUT2D eigenvalue weighted by Crippen LogP contribution is -2.49. The van der Waals surface area contributed by atoms with Crippen LogP contribution in [0.5, 0.6) is 0 Å². The maximum absolute atomic E-state index is 12.3. The zero-order chi connectivity index (χ0) is 13.4. The number of rotatable bonds is 3. The first-order chi connectivity index (χ1) is 9.16. The maximum atomic E-state index is 12.3. The van der Waals surface area contributed by atoms with Gasteiger partial charge in [0, 0.05) is 6.04 Å². The average molecular weight is 266 g/mol. The van der Waals surface area contributed by atoms with Crippen molar-refractivity contribution in [3.05, 3.63) is 0 Å². The number of carboxylic acid groups (broad SMARTS) is 1. The van der Waals surface area contributed by atoms with Gasteiger partial charge in [-0.3, -0.25) is 9.59 Å². The van der Waals surface area contributed by atoms with Gasteiger partial charge in [-0.05, 0) is 44.1 Å². The number of fused-ring (bicyclic) bond motifs is 1. The second-order valence-electron chi connectivity index (χ2n) is 6.23. The number of hydrogen-bond acceptors (Lipinski definition) is 3. The van der Waals surface area contributed by atoms with Crippen LogP contribution in [0.1, 0.15) is 38.5 Å². The largest absolute Gasteiger partial charge is 0.481 e. The van der Waals surface area contributed by atoms with Gasteiger partial charge in [0.25, 0.3) is 0 Å². The van der Waals surface area contributed by atoms with E-state index in [2.05, 4.69) is 10.6 Å². The monoisotopic (exact) mass is 266 g/mol. The molecule has 3 aliphatic rings. The second-order valence-corrected chi connectivity index (χ2v) is 6.23. The highest BCUT2D eigenvalue weighted by Gasteiger charge is 2.44. The Balaban J connectivity index is 1.60. The van der Waals surface area contributed by atoms with Crippen molar-refractivity contribution in [1.29, 1.82) is 0 Å². The molecule has 5 unspecified atom stereocenters. The van der Waals surface area contributed by atoms with Crippen LogP contribution in [0, 0.1) is 17.8 Å². The highest BCUT2D eigenvalue weighted by Crippen LogP contribution is 2.38. The van der Waals surface area contributed by atoms with Crippen molar-refractivity contribution in [2.24, 2.45) is 17.8 Å². The van der Waals surface area contributed by atoms with Gasteiger partial charge in [0.15, 0.2) is 0 Å². The van der Waals surface area contributed by atoms with Crippen LogP contribution in [0.15, 0.2) is 0 Å². The Morgan fingerprint density at radius 3 is 2.68 bits per heavy atom. The standard InChI is InChI=1S/C14H22N2O3/c17-13(12-9-4-1-3-8(9)7-15-12)16-11-6-2-5-10(11)14(18)19/h8-12,15H,1-7H2,(H,16,17)(H,18,19). The molecule has 1 heterocycles. The number of nitrogens with one attached hydrogen (secondary N) is 2. The number of carbonyl (C=O) groups excluding carboxylic acids is 1. The quantitative estimate of drug-likeness (QED) is 0.704. The lowest BCUT2D eigenvalue weighted by molar-refractivity contribution is -0.142. The van der Waals surface area contributed by atoms with Crippen molar-refractivity contribution in [1.82, 2.24) is 10.6 Å². The van der Waals surface area contributed by atoms with Gasteiger partial charge in [-0.15, -0.1) is 0 Å². The van der Waals surface area contributed by atoms with Gasteiger partial charge in [0.1, 0.15) is 0 Å². The summed E-state index contributed by atoms with van der Waals surface area (Å²) < 4.78 is 0. The second kappa shape index (κ2) is 5.12. The van der Waals surface area contributed by atoms with E-state index in [0.717, 1.165) is 25.8 Å². The summed E-state index contributed by atoms with van der Waals surface area (Å²) in [6.07, 6.45) is 5.95. The fourth-order valence-electron chi connectivity index (χ4n) is 4.18. The lowest BCUT2D eigenvalue weighted by atomic mass is 9.93. The normalized spacial score (nSPS) is 41.2. The van der Waals surface area contributed by atoms with E-state index in [9.17, 15) is 9.59 Å². The zero-order valence-electron chi connectivity index (χ0n) is 11.1. The minimum Gasteiger partial charge on any atom is -0.481 e. The summed E-state index contributed by atoms with van der Waals surface area (Å²) >= 11 is 0. The third-order valence-electron chi connectivity index (χ3n) is 5.19. The van der Waals surface area contributed by atoms with Crippen molar-refractivity contribution in [2.45, 2.75) is 50.6 Å². The van der Waals surface area contributed by atoms with E-state index < -0.39 is 11.9 Å². The average Bonchev–Trinajstić information content (AvgIpc) is 3.02. The molecule has 106 valence electrons. The van der Waals surface area contributed by atoms with E-state index in [-0.39, 0.29) is 18.0 Å². The van der Waals surface area contributed by atoms with Crippen molar-refractivity contribution < 1.29 is 14.7 Å². The molecule has 5 nitrogen and oxygen atoms in total. The van der Waals surface area contributed by atoms with Crippen molar-refractivity contribution >= 4 is 11.9 Å². The minimum atomic E-state index is -0.777. The zero-order valence-corrected chi connectivity index (χ0v) is 11.1. The molecule has 0 aromatic heterocycles. The number of amides is 1. The molecule has 0 bridgehead atoms. The van der Waals surface area contributed by atoms with Crippen LogP contribution in [0.25, 0.3) is 0 Å². The summed E-state index contributed by atoms with van der Waals surface area (Å²) in [6, 6.07) is -0.269. The minimum absolute atomic E-state index is 0.0209. The van der Waals surface area contributed by atoms with Crippen LogP contribution in [-0.4, -0.2) is 35.6 Å². The molecule has 5 heteroatoms. The Labute approximate surface area is 113 Å². The summed E-state index contributed by atoms with van der Waals surface area (Å²) in [5, 5.41) is 15.4. The molecular formula is C14H22N2O3. The molecule has 1 saturated heterocycles. The van der Waals surface area contributed by atoms with Crippen LogP contribution in [0.3, 0.4) is 0 Å². The van der Waals surface area contributed by atoms with E-state index in [1.54, 1.807) is 0 Å². The highest BCUT2D eigenvalue weighted by atomic mass is 16.4. The van der Waals surface area contributed by atoms with E-state index in [1.165, 1.54) is 12.8 Å². The number of hydrogen-bond donors (Lipinski definition) is 3. The molecule has 3 rings (SSSR count). The Bertz CT molecular complexity index is 385. The van der Waals surface area contributed by atoms with Crippen molar-refractivity contribution in [3.8, 4) is 0 Å². The Hall–Kier alpha value is -1.10. The number of carboxylic acids is 1. The van der Waals surface area contributed by atoms with E-state index in [1.807, 2.05) is 0 Å². The molecule has 0 aromatic carbocycles. The predicted molar refractivity (Wildman–Crippen MR) is 69.5 cm³/mol. The van der Waals surface area contributed by atoms with Crippen LogP contribution in [-0.2, 0) is 9.59 Å². The lowest BCUT2D eigenvalue weighted by Gasteiger charge is -2.23. The molecule has 19 heavy (non-hydrogen) atoms. The fraction of sp³-hybridized carbons (Fsp3) is 0.857. The third-order valence-corrected chi connectivity index (χ3v) is 5.19. The van der Waals surface area contributed by atoms with Gasteiger partial charge in [-0.25, -0.2) is 0 Å². The number of carbonyl (C=O) groups is 2. The predicted octanol–water partition coefficient (Wildman–Crippen LogP) is 0.744. The SMILES string of the molecule is O=C(O)C1CCCC1NC(=O)C1NCC2CCCC21. The molecule has 0 radical (unpaired) electrons. The molecule has 3 N–H and O–H groups in total. The van der Waals surface area contributed by atoms with Crippen LogP contribution in [0.4, 0.5) is 0 Å². The van der Waals surface area contributed by atoms with Crippen LogP contribution in [0.2, 0.25) is 0 Å². The van der Waals surface area contributed by atoms with Gasteiger partial charge < -0.3 is 15.7 Å². The van der Waals surface area contributed by atoms with Gasteiger partial charge in [-0.1, -0.05) is 12.8 Å². The molecule has 2 aliphatic carbocycles. The van der Waals surface area contributed by atoms with Crippen LogP contribution < -0.4 is 10.6 Å². The van der Waals surface area contributed by atoms with E-state index in [4.69, 9.17) is 5.11 Å². The van der Waals surface area contributed by atoms with E-state index in [0.29, 0.717) is 18.3 Å². The summed E-state index contributed by atoms with van der Waals surface area (Å²) in [5.41, 5.74) is 0. The van der Waals surface area contributed by atoms with Gasteiger partial charge >= 0.3 is 5.97 Å². The first-order valence-corrected chi connectivity index (χ1v) is 7.43. The topological polar surface area (TPSA) is 78.4 Å². The first-order valence-electron chi connectivity index (χ1n) is 7.43. The van der Waals surface area contributed by atoms with Gasteiger partial charge in [-0.2, -0.15) is 0 Å². The Morgan fingerprint density at radius 2 is 1.89 bits per heavy atom. The molecule has 1 aliphatic heterocycles. The summed E-state index contributed by atoms with van der Waals surface area (Å²) in [6.45, 7) is 0.940. The van der Waals surface area contributed by atoms with Crippen molar-refractivity contribution in [2.75, 3.05) is 6.54 Å². The molecule has 3 fully saturated rings. The fourth-order valence-corrected chi connectivity index (χ4v) is 4.18. The molecule has 1 amide bonds. The van der Waals surface area contributed by atoms with Crippen LogP contribution >= 0.6 is 0 Å². The summed E-state index contributed by atoms with van der Waals surface area (Å²) in [4.78, 5) is 23.5. The number of aliphatic carboxylic acids is 1. The van der Waals surface area contributed by atoms with E-state index >= 15 is 0 Å². The molecule has 0 spiro atoms. The Kier molecular flexibility index (Phi) is 3.48. The summed E-state index contributed by atoms with van der Waals surface area (Å²) in [5.74, 6) is -0.0440. The maximum Gasteiger partial charge on any atom is 0.308 e. The van der Waals surface area contributed by atoms with Gasteiger partial charge in [0.2, 0.25) is 5.91 Å². The molecule has 0 aromatic rings. The molecule has 2 saturated carbocycles. The van der Waals surface area contributed by atoms with Crippen molar-refractivity contribution in [3.63, 3.8) is 0 Å². The molecule has 5 atom stereocenters. The smallest absolute Gasteiger partial charge is 0.308 e.